The van der Waals surface area contributed by atoms with Crippen LogP contribution in [0, 0.1) is 0 Å². The fraction of sp³-hybridized carbons (Fsp3) is 0.310. The molecule has 0 unspecified atom stereocenters. The zero-order valence-corrected chi connectivity index (χ0v) is 22.9. The molecule has 0 bridgehead atoms. The topological polar surface area (TPSA) is 90.9 Å². The number of nitrogens with one attached hydrogen (secondary N) is 1. The first kappa shape index (κ1) is 26.5. The highest BCUT2D eigenvalue weighted by Crippen LogP contribution is 2.38. The molecule has 1 aromatic heterocycles. The minimum Gasteiger partial charge on any atom is -0.438 e. The van der Waals surface area contributed by atoms with Gasteiger partial charge in [0.2, 0.25) is 23.6 Å². The number of halogens is 1. The Morgan fingerprint density at radius 1 is 1.13 bits per heavy atom. The lowest BCUT2D eigenvalue weighted by molar-refractivity contribution is -0.128. The zero-order valence-electron chi connectivity index (χ0n) is 22.1. The molecule has 2 aromatic carbocycles. The Morgan fingerprint density at radius 3 is 2.59 bits per heavy atom. The maximum Gasteiger partial charge on any atom is 0.246 e. The van der Waals surface area contributed by atoms with Gasteiger partial charge in [-0.1, -0.05) is 48.5 Å². The first-order valence-electron chi connectivity index (χ1n) is 12.9. The molecule has 0 atom stereocenters. The Bertz CT molecular complexity index is 1460. The number of benzene rings is 2. The summed E-state index contributed by atoms with van der Waals surface area (Å²) < 4.78 is 6.43. The van der Waals surface area contributed by atoms with Crippen LogP contribution in [0.4, 0.5) is 11.8 Å². The summed E-state index contributed by atoms with van der Waals surface area (Å²) in [5.74, 6) is 2.24. The molecule has 0 saturated carbocycles. The van der Waals surface area contributed by atoms with Crippen molar-refractivity contribution >= 4 is 51.7 Å². The van der Waals surface area contributed by atoms with Gasteiger partial charge in [0.1, 0.15) is 11.6 Å². The monoisotopic (exact) mass is 546 g/mol. The van der Waals surface area contributed by atoms with Gasteiger partial charge in [-0.25, -0.2) is 0 Å². The maximum absolute atomic E-state index is 12.1. The highest BCUT2D eigenvalue weighted by molar-refractivity contribution is 6.36. The van der Waals surface area contributed by atoms with Crippen LogP contribution in [0.25, 0.3) is 16.5 Å². The number of aromatic nitrogens is 2. The standard InChI is InChI=1S/C29H31ClN6O3/c1-4-24(37)35-15-17-36(18-16-35)27-21-11-12-23(20-9-5-7-19-8-6-10-22(30)26(19)20)39-28(21)33-29(32-27)31-14-13-25(38)34(2)3/h4-10,12H,1,11,13-18H2,2-3H3,(H,31,32,33). The lowest BCUT2D eigenvalue weighted by Gasteiger charge is -2.36. The van der Waals surface area contributed by atoms with Crippen molar-refractivity contribution in [1.82, 2.24) is 19.8 Å². The van der Waals surface area contributed by atoms with Gasteiger partial charge in [-0.3, -0.25) is 9.59 Å². The van der Waals surface area contributed by atoms with Crippen molar-refractivity contribution in [2.75, 3.05) is 57.0 Å². The number of ether oxygens (including phenoxy) is 1. The van der Waals surface area contributed by atoms with Crippen LogP contribution >= 0.6 is 11.6 Å². The Morgan fingerprint density at radius 2 is 1.87 bits per heavy atom. The van der Waals surface area contributed by atoms with Gasteiger partial charge in [0, 0.05) is 75.6 Å². The second-order valence-electron chi connectivity index (χ2n) is 9.65. The number of amides is 2. The average Bonchev–Trinajstić information content (AvgIpc) is 2.96. The SMILES string of the molecule is C=CC(=O)N1CCN(c2nc(NCCC(=O)N(C)C)nc3c2CC=C(c2cccc4cccc(Cl)c24)O3)CC1. The van der Waals surface area contributed by atoms with Crippen LogP contribution in [-0.4, -0.2) is 78.4 Å². The molecule has 0 aliphatic carbocycles. The molecule has 1 saturated heterocycles. The molecule has 3 aromatic rings. The number of rotatable bonds is 7. The van der Waals surface area contributed by atoms with E-state index >= 15 is 0 Å². The molecule has 0 spiro atoms. The molecule has 5 rings (SSSR count). The van der Waals surface area contributed by atoms with E-state index < -0.39 is 0 Å². The molecule has 2 aliphatic rings. The zero-order chi connectivity index (χ0) is 27.5. The van der Waals surface area contributed by atoms with Crippen molar-refractivity contribution in [1.29, 1.82) is 0 Å². The molecule has 202 valence electrons. The van der Waals surface area contributed by atoms with Crippen LogP contribution in [0.15, 0.2) is 55.1 Å². The van der Waals surface area contributed by atoms with Crippen molar-refractivity contribution in [3.63, 3.8) is 0 Å². The average molecular weight is 547 g/mol. The fourth-order valence-corrected chi connectivity index (χ4v) is 5.12. The lowest BCUT2D eigenvalue weighted by atomic mass is 10.0. The number of allylic oxidation sites excluding steroid dienone is 1. The third kappa shape index (κ3) is 5.54. The number of anilines is 2. The van der Waals surface area contributed by atoms with Crippen molar-refractivity contribution in [2.45, 2.75) is 12.8 Å². The molecule has 9 nitrogen and oxygen atoms in total. The maximum atomic E-state index is 12.1. The van der Waals surface area contributed by atoms with Gasteiger partial charge < -0.3 is 24.8 Å². The second-order valence-corrected chi connectivity index (χ2v) is 10.1. The number of hydrogen-bond acceptors (Lipinski definition) is 7. The summed E-state index contributed by atoms with van der Waals surface area (Å²) in [5, 5.41) is 5.80. The number of nitrogens with zero attached hydrogens (tertiary/aromatic N) is 5. The number of carbonyl (C=O) groups excluding carboxylic acids is 2. The third-order valence-corrected chi connectivity index (χ3v) is 7.27. The highest BCUT2D eigenvalue weighted by atomic mass is 35.5. The highest BCUT2D eigenvalue weighted by Gasteiger charge is 2.28. The molecule has 2 amide bonds. The summed E-state index contributed by atoms with van der Waals surface area (Å²) >= 11 is 6.59. The number of piperazine rings is 1. The van der Waals surface area contributed by atoms with E-state index in [4.69, 9.17) is 26.3 Å². The van der Waals surface area contributed by atoms with Crippen molar-refractivity contribution < 1.29 is 14.3 Å². The molecule has 0 radical (unpaired) electrons. The van der Waals surface area contributed by atoms with Crippen LogP contribution in [0.2, 0.25) is 5.02 Å². The molecular formula is C29H31ClN6O3. The van der Waals surface area contributed by atoms with E-state index in [0.717, 1.165) is 27.7 Å². The Balaban J connectivity index is 1.46. The van der Waals surface area contributed by atoms with E-state index in [9.17, 15) is 9.59 Å². The molecular weight excluding hydrogens is 516 g/mol. The van der Waals surface area contributed by atoms with Crippen molar-refractivity contribution in [3.8, 4) is 5.88 Å². The number of hydrogen-bond donors (Lipinski definition) is 1. The molecule has 1 fully saturated rings. The van der Waals surface area contributed by atoms with Gasteiger partial charge in [0.05, 0.1) is 5.56 Å². The van der Waals surface area contributed by atoms with E-state index in [1.165, 1.54) is 6.08 Å². The smallest absolute Gasteiger partial charge is 0.246 e. The van der Waals surface area contributed by atoms with Crippen molar-refractivity contribution in [3.05, 3.63) is 71.3 Å². The van der Waals surface area contributed by atoms with Gasteiger partial charge in [0.25, 0.3) is 0 Å². The first-order valence-corrected chi connectivity index (χ1v) is 13.3. The Hall–Kier alpha value is -4.11. The van der Waals surface area contributed by atoms with E-state index in [2.05, 4.69) is 16.8 Å². The summed E-state index contributed by atoms with van der Waals surface area (Å²) in [5.41, 5.74) is 1.77. The van der Waals surface area contributed by atoms with Gasteiger partial charge in [-0.05, 0) is 23.6 Å². The quantitative estimate of drug-likeness (QED) is 0.448. The van der Waals surface area contributed by atoms with Gasteiger partial charge in [-0.2, -0.15) is 9.97 Å². The third-order valence-electron chi connectivity index (χ3n) is 6.95. The summed E-state index contributed by atoms with van der Waals surface area (Å²) in [4.78, 5) is 39.2. The number of carbonyl (C=O) groups is 2. The Kier molecular flexibility index (Phi) is 7.70. The van der Waals surface area contributed by atoms with Crippen LogP contribution in [0.5, 0.6) is 5.88 Å². The Labute approximate surface area is 232 Å². The predicted octanol–water partition coefficient (Wildman–Crippen LogP) is 3.98. The first-order chi connectivity index (χ1) is 18.9. The van der Waals surface area contributed by atoms with Gasteiger partial charge >= 0.3 is 0 Å². The van der Waals surface area contributed by atoms with Crippen LogP contribution in [0.1, 0.15) is 17.5 Å². The normalized spacial score (nSPS) is 14.8. The molecule has 39 heavy (non-hydrogen) atoms. The summed E-state index contributed by atoms with van der Waals surface area (Å²) in [6, 6.07) is 11.8. The van der Waals surface area contributed by atoms with E-state index in [1.54, 1.807) is 23.9 Å². The lowest BCUT2D eigenvalue weighted by Crippen LogP contribution is -2.49. The number of fused-ring (bicyclic) bond motifs is 2. The van der Waals surface area contributed by atoms with Crippen LogP contribution < -0.4 is 15.0 Å². The van der Waals surface area contributed by atoms with Gasteiger partial charge in [-0.15, -0.1) is 0 Å². The molecule has 1 N–H and O–H groups in total. The van der Waals surface area contributed by atoms with E-state index in [1.807, 2.05) is 42.5 Å². The van der Waals surface area contributed by atoms with Crippen molar-refractivity contribution in [2.24, 2.45) is 0 Å². The molecule has 2 aliphatic heterocycles. The molecule has 10 heteroatoms. The fourth-order valence-electron chi connectivity index (χ4n) is 4.83. The summed E-state index contributed by atoms with van der Waals surface area (Å²) in [7, 11) is 3.46. The minimum atomic E-state index is -0.0723. The van der Waals surface area contributed by atoms with E-state index in [-0.39, 0.29) is 11.8 Å². The summed E-state index contributed by atoms with van der Waals surface area (Å²) in [6.07, 6.45) is 4.27. The van der Waals surface area contributed by atoms with Gasteiger partial charge in [0.15, 0.2) is 0 Å². The second kappa shape index (κ2) is 11.3. The molecule has 3 heterocycles. The largest absolute Gasteiger partial charge is 0.438 e. The van der Waals surface area contributed by atoms with Crippen LogP contribution in [-0.2, 0) is 16.0 Å². The minimum absolute atomic E-state index is 0.0120. The predicted molar refractivity (Wildman–Crippen MR) is 154 cm³/mol. The van der Waals surface area contributed by atoms with Crippen LogP contribution in [0.3, 0.4) is 0 Å². The summed E-state index contributed by atoms with van der Waals surface area (Å²) in [6.45, 7) is 6.37. The van der Waals surface area contributed by atoms with E-state index in [0.29, 0.717) is 68.2 Å².